The Kier molecular flexibility index (Phi) is 7.92. The van der Waals surface area contributed by atoms with Crippen LogP contribution in [0.2, 0.25) is 0 Å². The van der Waals surface area contributed by atoms with Gasteiger partial charge in [0.15, 0.2) is 23.0 Å². The number of aromatic hydroxyl groups is 1. The van der Waals surface area contributed by atoms with E-state index in [1.807, 2.05) is 13.8 Å². The normalized spacial score (nSPS) is 14.1. The Morgan fingerprint density at radius 1 is 1.10 bits per heavy atom. The van der Waals surface area contributed by atoms with Crippen LogP contribution < -0.4 is 4.74 Å². The van der Waals surface area contributed by atoms with Crippen molar-refractivity contribution in [2.24, 2.45) is 11.8 Å². The lowest BCUT2D eigenvalue weighted by Crippen LogP contribution is -2.29. The number of Topliss-reactive ketones (excluding diaryl/α,β-unsaturated/α-hetero) is 1. The summed E-state index contributed by atoms with van der Waals surface area (Å²) in [6, 6.07) is 7.58. The molecule has 0 aliphatic rings. The first-order chi connectivity index (χ1) is 14.1. The quantitative estimate of drug-likeness (QED) is 0.477. The van der Waals surface area contributed by atoms with Gasteiger partial charge in [0.25, 0.3) is 0 Å². The molecule has 0 unspecified atom stereocenters. The van der Waals surface area contributed by atoms with Crippen LogP contribution in [0.1, 0.15) is 56.1 Å². The molecular formula is C23H28FNO5. The molecule has 0 saturated heterocycles. The number of halogens is 1. The Morgan fingerprint density at radius 3 is 2.30 bits per heavy atom. The van der Waals surface area contributed by atoms with E-state index in [9.17, 15) is 19.1 Å². The molecule has 0 bridgehead atoms. The molecule has 1 heterocycles. The predicted octanol–water partition coefficient (Wildman–Crippen LogP) is 4.52. The molecule has 1 aromatic carbocycles. The van der Waals surface area contributed by atoms with Crippen molar-refractivity contribution < 1.29 is 28.6 Å². The largest absolute Gasteiger partial charge is 0.503 e. The van der Waals surface area contributed by atoms with E-state index in [0.717, 1.165) is 5.56 Å². The van der Waals surface area contributed by atoms with E-state index in [-0.39, 0.29) is 41.3 Å². The standard InChI is InChI=1S/C23H28FNO5/c1-13(2)20(16-6-8-17(24)9-7-16)15(4)30-23(28)14(3)12-18(26)21-22(27)19(29-5)10-11-25-21/h6-11,13-15,20,27H,12H2,1-5H3/t14-,15+,20-/m1/s1. The minimum atomic E-state index is -0.728. The second-order valence-electron chi connectivity index (χ2n) is 7.70. The molecule has 0 spiro atoms. The summed E-state index contributed by atoms with van der Waals surface area (Å²) in [6.45, 7) is 7.38. The number of rotatable bonds is 9. The van der Waals surface area contributed by atoms with Crippen LogP contribution in [0.25, 0.3) is 0 Å². The fraction of sp³-hybridized carbons (Fsp3) is 0.435. The van der Waals surface area contributed by atoms with Crippen molar-refractivity contribution in [2.75, 3.05) is 7.11 Å². The number of ketones is 1. The average molecular weight is 417 g/mol. The number of hydrogen-bond acceptors (Lipinski definition) is 6. The van der Waals surface area contributed by atoms with E-state index >= 15 is 0 Å². The molecule has 0 saturated carbocycles. The third kappa shape index (κ3) is 5.55. The van der Waals surface area contributed by atoms with Crippen molar-refractivity contribution in [3.63, 3.8) is 0 Å². The number of benzene rings is 1. The maximum absolute atomic E-state index is 13.3. The summed E-state index contributed by atoms with van der Waals surface area (Å²) in [5, 5.41) is 10.1. The van der Waals surface area contributed by atoms with E-state index in [4.69, 9.17) is 9.47 Å². The van der Waals surface area contributed by atoms with Gasteiger partial charge in [0.2, 0.25) is 0 Å². The second-order valence-corrected chi connectivity index (χ2v) is 7.70. The summed E-state index contributed by atoms with van der Waals surface area (Å²) in [5.74, 6) is -2.25. The first kappa shape index (κ1) is 23.3. The minimum Gasteiger partial charge on any atom is -0.503 e. The molecule has 7 heteroatoms. The van der Waals surface area contributed by atoms with Crippen molar-refractivity contribution in [2.45, 2.75) is 46.1 Å². The number of hydrogen-bond donors (Lipinski definition) is 1. The zero-order valence-corrected chi connectivity index (χ0v) is 17.9. The summed E-state index contributed by atoms with van der Waals surface area (Å²) in [6.07, 6.45) is 0.721. The van der Waals surface area contributed by atoms with E-state index in [0.29, 0.717) is 0 Å². The molecule has 30 heavy (non-hydrogen) atoms. The number of nitrogens with zero attached hydrogens (tertiary/aromatic N) is 1. The monoisotopic (exact) mass is 417 g/mol. The molecule has 162 valence electrons. The smallest absolute Gasteiger partial charge is 0.309 e. The highest BCUT2D eigenvalue weighted by atomic mass is 19.1. The third-order valence-corrected chi connectivity index (χ3v) is 5.05. The van der Waals surface area contributed by atoms with Crippen LogP contribution in [-0.2, 0) is 9.53 Å². The lowest BCUT2D eigenvalue weighted by Gasteiger charge is -2.28. The van der Waals surface area contributed by atoms with Gasteiger partial charge in [-0.05, 0) is 30.5 Å². The molecule has 0 aliphatic carbocycles. The van der Waals surface area contributed by atoms with Crippen LogP contribution in [-0.4, -0.2) is 35.1 Å². The summed E-state index contributed by atoms with van der Waals surface area (Å²) >= 11 is 0. The zero-order chi connectivity index (χ0) is 22.4. The Morgan fingerprint density at radius 2 is 1.73 bits per heavy atom. The number of aromatic nitrogens is 1. The Bertz CT molecular complexity index is 882. The maximum Gasteiger partial charge on any atom is 0.309 e. The number of pyridine rings is 1. The number of esters is 1. The van der Waals surface area contributed by atoms with Gasteiger partial charge in [0.1, 0.15) is 11.9 Å². The highest BCUT2D eigenvalue weighted by molar-refractivity contribution is 5.99. The van der Waals surface area contributed by atoms with Gasteiger partial charge in [-0.1, -0.05) is 32.9 Å². The maximum atomic E-state index is 13.3. The first-order valence-electron chi connectivity index (χ1n) is 9.86. The summed E-state index contributed by atoms with van der Waals surface area (Å²) in [5.41, 5.74) is 0.731. The van der Waals surface area contributed by atoms with Crippen LogP contribution in [0, 0.1) is 17.7 Å². The van der Waals surface area contributed by atoms with Gasteiger partial charge in [0, 0.05) is 24.6 Å². The number of ether oxygens (including phenoxy) is 2. The van der Waals surface area contributed by atoms with Gasteiger partial charge in [-0.25, -0.2) is 9.37 Å². The lowest BCUT2D eigenvalue weighted by molar-refractivity contribution is -0.154. The minimum absolute atomic E-state index is 0.124. The predicted molar refractivity (Wildman–Crippen MR) is 110 cm³/mol. The fourth-order valence-electron chi connectivity index (χ4n) is 3.52. The zero-order valence-electron chi connectivity index (χ0n) is 17.9. The Hall–Kier alpha value is -2.96. The van der Waals surface area contributed by atoms with Crippen molar-refractivity contribution in [1.29, 1.82) is 0 Å². The van der Waals surface area contributed by atoms with Crippen molar-refractivity contribution in [3.8, 4) is 11.5 Å². The SMILES string of the molecule is COc1ccnc(C(=O)C[C@@H](C)C(=O)O[C@@H](C)[C@H](c2ccc(F)cc2)C(C)C)c1O. The molecule has 2 aromatic rings. The van der Waals surface area contributed by atoms with Crippen molar-refractivity contribution in [3.05, 3.63) is 53.6 Å². The molecule has 0 aliphatic heterocycles. The van der Waals surface area contributed by atoms with E-state index < -0.39 is 23.8 Å². The summed E-state index contributed by atoms with van der Waals surface area (Å²) < 4.78 is 23.9. The first-order valence-corrected chi connectivity index (χ1v) is 9.86. The van der Waals surface area contributed by atoms with Crippen LogP contribution in [0.4, 0.5) is 4.39 Å². The van der Waals surface area contributed by atoms with Gasteiger partial charge in [-0.3, -0.25) is 9.59 Å². The second kappa shape index (κ2) is 10.2. The molecular weight excluding hydrogens is 389 g/mol. The van der Waals surface area contributed by atoms with Gasteiger partial charge >= 0.3 is 5.97 Å². The van der Waals surface area contributed by atoms with E-state index in [1.54, 1.807) is 26.0 Å². The Balaban J connectivity index is 2.06. The molecule has 0 amide bonds. The highest BCUT2D eigenvalue weighted by Crippen LogP contribution is 2.31. The Labute approximate surface area is 176 Å². The molecule has 6 nitrogen and oxygen atoms in total. The van der Waals surface area contributed by atoms with Gasteiger partial charge in [0.05, 0.1) is 13.0 Å². The van der Waals surface area contributed by atoms with Crippen LogP contribution >= 0.6 is 0 Å². The van der Waals surface area contributed by atoms with Crippen molar-refractivity contribution >= 4 is 11.8 Å². The fourth-order valence-corrected chi connectivity index (χ4v) is 3.52. The summed E-state index contributed by atoms with van der Waals surface area (Å²) in [7, 11) is 1.37. The molecule has 3 atom stereocenters. The summed E-state index contributed by atoms with van der Waals surface area (Å²) in [4.78, 5) is 29.0. The van der Waals surface area contributed by atoms with Gasteiger partial charge in [-0.15, -0.1) is 0 Å². The lowest BCUT2D eigenvalue weighted by atomic mass is 9.84. The topological polar surface area (TPSA) is 85.7 Å². The van der Waals surface area contributed by atoms with Crippen LogP contribution in [0.3, 0.4) is 0 Å². The van der Waals surface area contributed by atoms with E-state index in [1.165, 1.54) is 31.5 Å². The van der Waals surface area contributed by atoms with E-state index in [2.05, 4.69) is 4.98 Å². The number of carbonyl (C=O) groups excluding carboxylic acids is 2. The molecule has 1 aromatic heterocycles. The number of methoxy groups -OCH3 is 1. The highest BCUT2D eigenvalue weighted by Gasteiger charge is 2.29. The average Bonchev–Trinajstić information content (AvgIpc) is 2.69. The van der Waals surface area contributed by atoms with Gasteiger partial charge in [-0.2, -0.15) is 0 Å². The van der Waals surface area contributed by atoms with Crippen LogP contribution in [0.15, 0.2) is 36.5 Å². The van der Waals surface area contributed by atoms with Gasteiger partial charge < -0.3 is 14.6 Å². The molecule has 0 radical (unpaired) electrons. The molecule has 1 N–H and O–H groups in total. The third-order valence-electron chi connectivity index (χ3n) is 5.05. The van der Waals surface area contributed by atoms with Crippen molar-refractivity contribution in [1.82, 2.24) is 4.98 Å². The number of carbonyl (C=O) groups is 2. The molecule has 2 rings (SSSR count). The van der Waals surface area contributed by atoms with Crippen LogP contribution in [0.5, 0.6) is 11.5 Å². The molecule has 0 fully saturated rings.